The van der Waals surface area contributed by atoms with Crippen molar-refractivity contribution >= 4 is 23.6 Å². The summed E-state index contributed by atoms with van der Waals surface area (Å²) in [5.74, 6) is -1.50. The van der Waals surface area contributed by atoms with Crippen molar-refractivity contribution in [3.63, 3.8) is 0 Å². The first kappa shape index (κ1) is 27.0. The number of benzene rings is 1. The lowest BCUT2D eigenvalue weighted by Gasteiger charge is -2.39. The van der Waals surface area contributed by atoms with Crippen molar-refractivity contribution in [3.8, 4) is 0 Å². The summed E-state index contributed by atoms with van der Waals surface area (Å²) in [4.78, 5) is 46.3. The van der Waals surface area contributed by atoms with Crippen LogP contribution in [0.15, 0.2) is 78.4 Å². The molecule has 4 aliphatic rings. The molecule has 2 unspecified atom stereocenters. The minimum atomic E-state index is -1.00. The molecule has 3 aliphatic carbocycles. The number of carboxylic acid groups (broad SMARTS) is 1. The molecule has 7 heteroatoms. The standard InChI is InChI=1S/C32H39N3O4/c1-24-23-33(31(39)35(26-15-7-3-8-16-26)27-17-9-4-10-18-27)21-22-34(28(24)29(36)37)30(38)32(19-11-12-20-32)25-13-5-2-6-14-25/h2-5,7-10,13,15-17,24,27-28H,6,11-12,14,18-23H2,1H3,(H,36,37)/t24?,27?,28-/m0/s1. The molecule has 3 atom stereocenters. The molecule has 3 amide bonds. The maximum Gasteiger partial charge on any atom is 0.326 e. The van der Waals surface area contributed by atoms with E-state index in [9.17, 15) is 19.5 Å². The Kier molecular flexibility index (Phi) is 8.05. The van der Waals surface area contributed by atoms with Gasteiger partial charge in [0.1, 0.15) is 6.04 Å². The molecular weight excluding hydrogens is 490 g/mol. The number of urea groups is 1. The van der Waals surface area contributed by atoms with Gasteiger partial charge in [0.2, 0.25) is 5.91 Å². The highest BCUT2D eigenvalue weighted by atomic mass is 16.4. The SMILES string of the molecule is CC1CN(C(=O)N(c2ccccc2)C2C=CC=CC2)CCN(C(=O)C2(C3=CC=CCC3)CCCC2)[C@@H]1C(=O)O. The van der Waals surface area contributed by atoms with Crippen LogP contribution in [-0.2, 0) is 9.59 Å². The van der Waals surface area contributed by atoms with Crippen LogP contribution in [0.1, 0.15) is 51.9 Å². The fraction of sp³-hybridized carbons (Fsp3) is 0.469. The van der Waals surface area contributed by atoms with Gasteiger partial charge in [0.25, 0.3) is 0 Å². The second-order valence-electron chi connectivity index (χ2n) is 11.3. The van der Waals surface area contributed by atoms with Gasteiger partial charge in [-0.1, -0.05) is 86.1 Å². The number of allylic oxidation sites excluding steroid dienone is 5. The molecule has 0 radical (unpaired) electrons. The van der Waals surface area contributed by atoms with Crippen molar-refractivity contribution in [2.75, 3.05) is 24.5 Å². The number of carboxylic acids is 1. The number of aliphatic carboxylic acids is 1. The summed E-state index contributed by atoms with van der Waals surface area (Å²) in [6.07, 6.45) is 20.1. The van der Waals surface area contributed by atoms with Crippen LogP contribution in [0.3, 0.4) is 0 Å². The van der Waals surface area contributed by atoms with E-state index in [1.165, 1.54) is 0 Å². The first-order valence-corrected chi connectivity index (χ1v) is 14.3. The third kappa shape index (κ3) is 5.32. The Hall–Kier alpha value is -3.61. The predicted molar refractivity (Wildman–Crippen MR) is 152 cm³/mol. The number of anilines is 1. The van der Waals surface area contributed by atoms with E-state index in [0.717, 1.165) is 49.8 Å². The maximum atomic E-state index is 14.4. The first-order valence-electron chi connectivity index (χ1n) is 14.3. The van der Waals surface area contributed by atoms with Gasteiger partial charge in [-0.05, 0) is 44.2 Å². The third-order valence-electron chi connectivity index (χ3n) is 8.80. The normalized spacial score (nSPS) is 26.2. The summed E-state index contributed by atoms with van der Waals surface area (Å²) >= 11 is 0. The summed E-state index contributed by atoms with van der Waals surface area (Å²) in [5.41, 5.74) is 1.30. The molecule has 1 saturated heterocycles. The topological polar surface area (TPSA) is 81.2 Å². The summed E-state index contributed by atoms with van der Waals surface area (Å²) < 4.78 is 0. The third-order valence-corrected chi connectivity index (χ3v) is 8.80. The molecule has 1 aromatic carbocycles. The van der Waals surface area contributed by atoms with Gasteiger partial charge in [0, 0.05) is 31.2 Å². The fourth-order valence-electron chi connectivity index (χ4n) is 6.86. The van der Waals surface area contributed by atoms with Crippen molar-refractivity contribution in [3.05, 3.63) is 78.4 Å². The smallest absolute Gasteiger partial charge is 0.326 e. The number of carbonyl (C=O) groups is 3. The van der Waals surface area contributed by atoms with Gasteiger partial charge in [-0.3, -0.25) is 9.69 Å². The first-order chi connectivity index (χ1) is 18.9. The fourth-order valence-corrected chi connectivity index (χ4v) is 6.86. The van der Waals surface area contributed by atoms with Gasteiger partial charge in [-0.25, -0.2) is 9.59 Å². The summed E-state index contributed by atoms with van der Waals surface area (Å²) in [6.45, 7) is 2.63. The lowest BCUT2D eigenvalue weighted by Crippen LogP contribution is -2.54. The molecule has 1 N–H and O–H groups in total. The van der Waals surface area contributed by atoms with Crippen LogP contribution in [-0.4, -0.2) is 64.5 Å². The van der Waals surface area contributed by atoms with Gasteiger partial charge in [-0.2, -0.15) is 0 Å². The number of hydrogen-bond donors (Lipinski definition) is 1. The second-order valence-corrected chi connectivity index (χ2v) is 11.3. The van der Waals surface area contributed by atoms with Gasteiger partial charge < -0.3 is 14.9 Å². The van der Waals surface area contributed by atoms with Crippen LogP contribution in [0.5, 0.6) is 0 Å². The van der Waals surface area contributed by atoms with Gasteiger partial charge >= 0.3 is 12.0 Å². The van der Waals surface area contributed by atoms with Crippen LogP contribution < -0.4 is 4.90 Å². The van der Waals surface area contributed by atoms with Crippen molar-refractivity contribution in [2.45, 2.75) is 64.0 Å². The minimum absolute atomic E-state index is 0.0737. The van der Waals surface area contributed by atoms with E-state index in [2.05, 4.69) is 18.2 Å². The van der Waals surface area contributed by atoms with Gasteiger partial charge in [0.15, 0.2) is 0 Å². The maximum absolute atomic E-state index is 14.4. The Morgan fingerprint density at radius 3 is 2.41 bits per heavy atom. The average Bonchev–Trinajstić information content (AvgIpc) is 3.40. The minimum Gasteiger partial charge on any atom is -0.480 e. The summed E-state index contributed by atoms with van der Waals surface area (Å²) in [7, 11) is 0. The second kappa shape index (κ2) is 11.6. The molecular formula is C32H39N3O4. The van der Waals surface area contributed by atoms with Gasteiger partial charge in [0.05, 0.1) is 11.5 Å². The average molecular weight is 530 g/mol. The highest BCUT2D eigenvalue weighted by Gasteiger charge is 2.50. The van der Waals surface area contributed by atoms with E-state index in [-0.39, 0.29) is 31.1 Å². The number of rotatable bonds is 5. The van der Waals surface area contributed by atoms with Crippen molar-refractivity contribution in [1.29, 1.82) is 0 Å². The molecule has 1 aliphatic heterocycles. The van der Waals surface area contributed by atoms with E-state index < -0.39 is 23.3 Å². The van der Waals surface area contributed by atoms with E-state index >= 15 is 0 Å². The van der Waals surface area contributed by atoms with E-state index in [4.69, 9.17) is 0 Å². The molecule has 1 saturated carbocycles. The summed E-state index contributed by atoms with van der Waals surface area (Å²) in [6, 6.07) is 8.34. The lowest BCUT2D eigenvalue weighted by atomic mass is 9.73. The lowest BCUT2D eigenvalue weighted by molar-refractivity contribution is -0.155. The molecule has 39 heavy (non-hydrogen) atoms. The van der Waals surface area contributed by atoms with Crippen LogP contribution in [0.2, 0.25) is 0 Å². The van der Waals surface area contributed by atoms with Crippen molar-refractivity contribution in [2.24, 2.45) is 11.3 Å². The molecule has 1 heterocycles. The van der Waals surface area contributed by atoms with Crippen LogP contribution in [0.4, 0.5) is 10.5 Å². The highest BCUT2D eigenvalue weighted by molar-refractivity contribution is 5.94. The number of nitrogens with zero attached hydrogens (tertiary/aromatic N) is 3. The van der Waals surface area contributed by atoms with Crippen LogP contribution in [0.25, 0.3) is 0 Å². The quantitative estimate of drug-likeness (QED) is 0.541. The zero-order valence-corrected chi connectivity index (χ0v) is 22.7. The molecule has 0 aromatic heterocycles. The number of amides is 3. The van der Waals surface area contributed by atoms with E-state index in [0.29, 0.717) is 13.0 Å². The molecule has 206 valence electrons. The largest absolute Gasteiger partial charge is 0.480 e. The Morgan fingerprint density at radius 1 is 1.00 bits per heavy atom. The molecule has 0 bridgehead atoms. The monoisotopic (exact) mass is 529 g/mol. The van der Waals surface area contributed by atoms with Gasteiger partial charge in [-0.15, -0.1) is 0 Å². The Labute approximate surface area is 231 Å². The van der Waals surface area contributed by atoms with E-state index in [1.54, 1.807) is 14.7 Å². The Balaban J connectivity index is 1.44. The number of para-hydroxylation sites is 1. The predicted octanol–water partition coefficient (Wildman–Crippen LogP) is 5.57. The molecule has 1 aromatic rings. The number of hydrogen-bond acceptors (Lipinski definition) is 3. The van der Waals surface area contributed by atoms with Crippen LogP contribution in [0, 0.1) is 11.3 Å². The zero-order chi connectivity index (χ0) is 27.4. The molecule has 0 spiro atoms. The highest BCUT2D eigenvalue weighted by Crippen LogP contribution is 2.48. The molecule has 5 rings (SSSR count). The van der Waals surface area contributed by atoms with Crippen molar-refractivity contribution in [1.82, 2.24) is 9.80 Å². The summed E-state index contributed by atoms with van der Waals surface area (Å²) in [5, 5.41) is 10.4. The Morgan fingerprint density at radius 2 is 1.77 bits per heavy atom. The Bertz CT molecular complexity index is 1200. The zero-order valence-electron chi connectivity index (χ0n) is 22.7. The molecule has 2 fully saturated rings. The molecule has 7 nitrogen and oxygen atoms in total. The van der Waals surface area contributed by atoms with E-state index in [1.807, 2.05) is 61.6 Å². The van der Waals surface area contributed by atoms with Crippen LogP contribution >= 0.6 is 0 Å². The number of carbonyl (C=O) groups excluding carboxylic acids is 2. The van der Waals surface area contributed by atoms with Crippen molar-refractivity contribution < 1.29 is 19.5 Å².